The lowest BCUT2D eigenvalue weighted by Gasteiger charge is -2.18. The van der Waals surface area contributed by atoms with Gasteiger partial charge in [-0.3, -0.25) is 0 Å². The first-order valence-electron chi connectivity index (χ1n) is 5.57. The maximum absolute atomic E-state index is 11.7. The number of carboxylic acid groups (broad SMARTS) is 1. The minimum atomic E-state index is -1.10. The van der Waals surface area contributed by atoms with Gasteiger partial charge >= 0.3 is 12.0 Å². The van der Waals surface area contributed by atoms with E-state index in [0.29, 0.717) is 10.7 Å². The predicted octanol–water partition coefficient (Wildman–Crippen LogP) is 3.22. The van der Waals surface area contributed by atoms with Crippen molar-refractivity contribution in [2.75, 3.05) is 5.32 Å². The Morgan fingerprint density at radius 1 is 1.26 bits per heavy atom. The average Bonchev–Trinajstić information content (AvgIpc) is 2.31. The molecule has 2 amide bonds. The Bertz CT molecular complexity index is 492. The van der Waals surface area contributed by atoms with Crippen LogP contribution in [-0.4, -0.2) is 23.1 Å². The van der Waals surface area contributed by atoms with Gasteiger partial charge in [-0.05, 0) is 18.1 Å². The Labute approximate surface area is 120 Å². The summed E-state index contributed by atoms with van der Waals surface area (Å²) in [5.74, 6) is -1.33. The van der Waals surface area contributed by atoms with E-state index in [4.69, 9.17) is 28.3 Å². The standard InChI is InChI=1S/C12H14Cl2N2O3/c1-6(2)10(11(17)18)16-12(19)15-8-5-3-4-7(13)9(8)14/h3-6,10H,1-2H3,(H,17,18)(H2,15,16,19)/t10-/m0/s1. The van der Waals surface area contributed by atoms with Gasteiger partial charge in [0.1, 0.15) is 6.04 Å². The summed E-state index contributed by atoms with van der Waals surface area (Å²) in [5, 5.41) is 14.3. The molecule has 5 nitrogen and oxygen atoms in total. The Morgan fingerprint density at radius 3 is 2.42 bits per heavy atom. The molecule has 0 fully saturated rings. The summed E-state index contributed by atoms with van der Waals surface area (Å²) in [7, 11) is 0. The highest BCUT2D eigenvalue weighted by atomic mass is 35.5. The highest BCUT2D eigenvalue weighted by molar-refractivity contribution is 6.43. The van der Waals surface area contributed by atoms with Crippen molar-refractivity contribution in [2.24, 2.45) is 5.92 Å². The fourth-order valence-electron chi connectivity index (χ4n) is 1.41. The van der Waals surface area contributed by atoms with E-state index >= 15 is 0 Å². The molecule has 0 saturated carbocycles. The van der Waals surface area contributed by atoms with Crippen molar-refractivity contribution in [3.8, 4) is 0 Å². The molecule has 19 heavy (non-hydrogen) atoms. The average molecular weight is 305 g/mol. The summed E-state index contributed by atoms with van der Waals surface area (Å²) >= 11 is 11.7. The minimum Gasteiger partial charge on any atom is -0.480 e. The van der Waals surface area contributed by atoms with Crippen LogP contribution in [0.15, 0.2) is 18.2 Å². The highest BCUT2D eigenvalue weighted by Gasteiger charge is 2.23. The number of halogens is 2. The maximum atomic E-state index is 11.7. The second-order valence-corrected chi connectivity index (χ2v) is 5.04. The second kappa shape index (κ2) is 6.63. The van der Waals surface area contributed by atoms with Gasteiger partial charge < -0.3 is 15.7 Å². The SMILES string of the molecule is CC(C)[C@H](NC(=O)Nc1cccc(Cl)c1Cl)C(=O)O. The maximum Gasteiger partial charge on any atom is 0.326 e. The molecule has 0 aliphatic carbocycles. The molecule has 1 rings (SSSR count). The van der Waals surface area contributed by atoms with E-state index < -0.39 is 18.0 Å². The predicted molar refractivity (Wildman–Crippen MR) is 74.9 cm³/mol. The van der Waals surface area contributed by atoms with Crippen LogP contribution >= 0.6 is 23.2 Å². The molecule has 1 aromatic rings. The number of amides is 2. The van der Waals surface area contributed by atoms with Gasteiger partial charge in [0, 0.05) is 0 Å². The molecular weight excluding hydrogens is 291 g/mol. The number of benzene rings is 1. The molecule has 0 saturated heterocycles. The first-order chi connectivity index (χ1) is 8.82. The van der Waals surface area contributed by atoms with Crippen LogP contribution in [-0.2, 0) is 4.79 Å². The lowest BCUT2D eigenvalue weighted by Crippen LogP contribution is -2.46. The van der Waals surface area contributed by atoms with Crippen LogP contribution in [0.4, 0.5) is 10.5 Å². The van der Waals surface area contributed by atoms with Gasteiger partial charge in [-0.1, -0.05) is 43.1 Å². The molecule has 104 valence electrons. The number of hydrogen-bond donors (Lipinski definition) is 3. The zero-order valence-corrected chi connectivity index (χ0v) is 11.9. The molecule has 0 unspecified atom stereocenters. The molecule has 0 bridgehead atoms. The van der Waals surface area contributed by atoms with Crippen molar-refractivity contribution in [1.29, 1.82) is 0 Å². The van der Waals surface area contributed by atoms with E-state index in [1.165, 1.54) is 0 Å². The Hall–Kier alpha value is -1.46. The Balaban J connectivity index is 2.75. The number of aliphatic carboxylic acids is 1. The summed E-state index contributed by atoms with van der Waals surface area (Å²) in [4.78, 5) is 22.7. The molecule has 0 spiro atoms. The number of anilines is 1. The smallest absolute Gasteiger partial charge is 0.326 e. The number of carbonyl (C=O) groups is 2. The van der Waals surface area contributed by atoms with Crippen LogP contribution < -0.4 is 10.6 Å². The van der Waals surface area contributed by atoms with Gasteiger partial charge in [0.05, 0.1) is 15.7 Å². The summed E-state index contributed by atoms with van der Waals surface area (Å²) in [6.07, 6.45) is 0. The van der Waals surface area contributed by atoms with Gasteiger partial charge in [-0.15, -0.1) is 0 Å². The molecule has 7 heteroatoms. The van der Waals surface area contributed by atoms with Crippen LogP contribution in [0.25, 0.3) is 0 Å². The second-order valence-electron chi connectivity index (χ2n) is 4.26. The molecule has 1 aromatic carbocycles. The van der Waals surface area contributed by atoms with Gasteiger partial charge in [0.2, 0.25) is 0 Å². The van der Waals surface area contributed by atoms with Gasteiger partial charge in [0.25, 0.3) is 0 Å². The molecule has 0 radical (unpaired) electrons. The first kappa shape index (κ1) is 15.6. The third kappa shape index (κ3) is 4.29. The number of rotatable bonds is 4. The summed E-state index contributed by atoms with van der Waals surface area (Å²) < 4.78 is 0. The number of urea groups is 1. The van der Waals surface area contributed by atoms with Crippen LogP contribution in [0.2, 0.25) is 10.0 Å². The third-order valence-corrected chi connectivity index (χ3v) is 3.24. The molecule has 0 heterocycles. The Morgan fingerprint density at radius 2 is 1.89 bits per heavy atom. The zero-order valence-electron chi connectivity index (χ0n) is 10.4. The van der Waals surface area contributed by atoms with E-state index in [9.17, 15) is 9.59 Å². The fourth-order valence-corrected chi connectivity index (χ4v) is 1.76. The highest BCUT2D eigenvalue weighted by Crippen LogP contribution is 2.29. The minimum absolute atomic E-state index is 0.204. The summed E-state index contributed by atoms with van der Waals surface area (Å²) in [5.41, 5.74) is 0.319. The summed E-state index contributed by atoms with van der Waals surface area (Å²) in [6.45, 7) is 3.40. The van der Waals surface area contributed by atoms with Gasteiger partial charge in [-0.25, -0.2) is 9.59 Å². The van der Waals surface area contributed by atoms with Crippen molar-refractivity contribution in [2.45, 2.75) is 19.9 Å². The van der Waals surface area contributed by atoms with Crippen LogP contribution in [0, 0.1) is 5.92 Å². The van der Waals surface area contributed by atoms with Crippen molar-refractivity contribution in [1.82, 2.24) is 5.32 Å². The van der Waals surface area contributed by atoms with E-state index in [1.807, 2.05) is 0 Å². The van der Waals surface area contributed by atoms with Crippen molar-refractivity contribution in [3.05, 3.63) is 28.2 Å². The fraction of sp³-hybridized carbons (Fsp3) is 0.333. The number of hydrogen-bond acceptors (Lipinski definition) is 2. The first-order valence-corrected chi connectivity index (χ1v) is 6.33. The largest absolute Gasteiger partial charge is 0.480 e. The number of carboxylic acids is 1. The van der Waals surface area contributed by atoms with Crippen molar-refractivity contribution in [3.63, 3.8) is 0 Å². The monoisotopic (exact) mass is 304 g/mol. The van der Waals surface area contributed by atoms with E-state index in [2.05, 4.69) is 10.6 Å². The number of nitrogens with one attached hydrogen (secondary N) is 2. The van der Waals surface area contributed by atoms with Crippen molar-refractivity contribution < 1.29 is 14.7 Å². The lowest BCUT2D eigenvalue weighted by molar-refractivity contribution is -0.140. The van der Waals surface area contributed by atoms with E-state index in [1.54, 1.807) is 32.0 Å². The number of carbonyl (C=O) groups excluding carboxylic acids is 1. The van der Waals surface area contributed by atoms with Crippen LogP contribution in [0.3, 0.4) is 0 Å². The third-order valence-electron chi connectivity index (χ3n) is 2.42. The normalized spacial score (nSPS) is 12.1. The lowest BCUT2D eigenvalue weighted by atomic mass is 10.1. The Kier molecular flexibility index (Phi) is 5.44. The van der Waals surface area contributed by atoms with E-state index in [-0.39, 0.29) is 10.9 Å². The molecule has 0 aliphatic heterocycles. The molecule has 1 atom stereocenters. The summed E-state index contributed by atoms with van der Waals surface area (Å²) in [6, 6.07) is 3.16. The van der Waals surface area contributed by atoms with Crippen LogP contribution in [0.1, 0.15) is 13.8 Å². The molecule has 0 aromatic heterocycles. The topological polar surface area (TPSA) is 78.4 Å². The van der Waals surface area contributed by atoms with E-state index in [0.717, 1.165) is 0 Å². The quantitative estimate of drug-likeness (QED) is 0.799. The van der Waals surface area contributed by atoms with Crippen molar-refractivity contribution >= 4 is 40.9 Å². The molecule has 3 N–H and O–H groups in total. The molecule has 0 aliphatic rings. The van der Waals surface area contributed by atoms with Gasteiger partial charge in [0.15, 0.2) is 0 Å². The van der Waals surface area contributed by atoms with Crippen LogP contribution in [0.5, 0.6) is 0 Å². The molecular formula is C12H14Cl2N2O3. The van der Waals surface area contributed by atoms with Gasteiger partial charge in [-0.2, -0.15) is 0 Å². The zero-order chi connectivity index (χ0) is 14.6.